The van der Waals surface area contributed by atoms with Gasteiger partial charge in [0.2, 0.25) is 0 Å². The van der Waals surface area contributed by atoms with Crippen molar-refractivity contribution >= 4 is 24.2 Å². The number of hydrogen-bond acceptors (Lipinski definition) is 2. The Morgan fingerprint density at radius 3 is 2.95 bits per heavy atom. The summed E-state index contributed by atoms with van der Waals surface area (Å²) in [5, 5.41) is 0. The number of rotatable bonds is 2. The lowest BCUT2D eigenvalue weighted by Crippen LogP contribution is -2.38. The zero-order valence-corrected chi connectivity index (χ0v) is 12.1. The largest absolute Gasteiger partial charge is 0.305 e. The number of thiol groups is 1. The SMILES string of the molecule is C=C/C=C(\S)C(=O)N1c2ccccc2CCC[C@H]1C. The lowest BCUT2D eigenvalue weighted by Gasteiger charge is -2.28. The maximum atomic E-state index is 12.5. The molecule has 3 heteroatoms. The molecule has 0 unspecified atom stereocenters. The first-order valence-electron chi connectivity index (χ1n) is 6.58. The molecule has 0 fully saturated rings. The molecule has 1 aromatic carbocycles. The van der Waals surface area contributed by atoms with Crippen LogP contribution in [0.25, 0.3) is 0 Å². The van der Waals surface area contributed by atoms with E-state index in [1.54, 1.807) is 12.2 Å². The predicted octanol–water partition coefficient (Wildman–Crippen LogP) is 3.74. The fourth-order valence-electron chi connectivity index (χ4n) is 2.53. The van der Waals surface area contributed by atoms with Gasteiger partial charge in [0.1, 0.15) is 0 Å². The summed E-state index contributed by atoms with van der Waals surface area (Å²) < 4.78 is 0. The zero-order valence-electron chi connectivity index (χ0n) is 11.2. The van der Waals surface area contributed by atoms with E-state index in [4.69, 9.17) is 0 Å². The molecule has 0 saturated heterocycles. The number of allylic oxidation sites excluding steroid dienone is 2. The summed E-state index contributed by atoms with van der Waals surface area (Å²) in [5.41, 5.74) is 2.25. The molecule has 0 saturated carbocycles. The first kappa shape index (κ1) is 13.9. The quantitative estimate of drug-likeness (QED) is 0.494. The molecule has 19 heavy (non-hydrogen) atoms. The fourth-order valence-corrected chi connectivity index (χ4v) is 2.74. The molecule has 1 aliphatic rings. The van der Waals surface area contributed by atoms with Gasteiger partial charge in [-0.1, -0.05) is 30.9 Å². The Hall–Kier alpha value is -1.48. The van der Waals surface area contributed by atoms with Crippen LogP contribution in [-0.4, -0.2) is 11.9 Å². The average Bonchev–Trinajstić information content (AvgIpc) is 2.56. The molecule has 0 N–H and O–H groups in total. The maximum Gasteiger partial charge on any atom is 0.264 e. The molecule has 1 atom stereocenters. The zero-order chi connectivity index (χ0) is 13.8. The monoisotopic (exact) mass is 273 g/mol. The summed E-state index contributed by atoms with van der Waals surface area (Å²) in [6, 6.07) is 8.31. The third-order valence-corrected chi connectivity index (χ3v) is 3.81. The van der Waals surface area contributed by atoms with Crippen LogP contribution in [0, 0.1) is 0 Å². The van der Waals surface area contributed by atoms with E-state index in [-0.39, 0.29) is 11.9 Å². The third kappa shape index (κ3) is 2.92. The molecule has 2 nitrogen and oxygen atoms in total. The highest BCUT2D eigenvalue weighted by molar-refractivity contribution is 7.85. The van der Waals surface area contributed by atoms with Crippen LogP contribution in [0.4, 0.5) is 5.69 Å². The van der Waals surface area contributed by atoms with E-state index in [1.165, 1.54) is 5.56 Å². The van der Waals surface area contributed by atoms with E-state index in [9.17, 15) is 4.79 Å². The van der Waals surface area contributed by atoms with Crippen LogP contribution >= 0.6 is 12.6 Å². The molecule has 0 spiro atoms. The van der Waals surface area contributed by atoms with E-state index in [0.717, 1.165) is 24.9 Å². The van der Waals surface area contributed by atoms with Crippen molar-refractivity contribution in [1.82, 2.24) is 0 Å². The van der Waals surface area contributed by atoms with Crippen LogP contribution in [-0.2, 0) is 11.2 Å². The van der Waals surface area contributed by atoms with Gasteiger partial charge in [-0.05, 0) is 43.9 Å². The summed E-state index contributed by atoms with van der Waals surface area (Å²) in [7, 11) is 0. The van der Waals surface area contributed by atoms with Crippen LogP contribution in [0.1, 0.15) is 25.3 Å². The predicted molar refractivity (Wildman–Crippen MR) is 83.6 cm³/mol. The van der Waals surface area contributed by atoms with E-state index in [0.29, 0.717) is 4.91 Å². The number of para-hydroxylation sites is 1. The van der Waals surface area contributed by atoms with Crippen molar-refractivity contribution in [2.24, 2.45) is 0 Å². The highest BCUT2D eigenvalue weighted by Crippen LogP contribution is 2.31. The standard InChI is InChI=1S/C16H19NOS/c1-3-7-15(19)16(18)17-12(2)8-6-10-13-9-4-5-11-14(13)17/h3-5,7,9,11-12,19H,1,6,8,10H2,2H3/b15-7-/t12-/m1/s1. The van der Waals surface area contributed by atoms with E-state index in [2.05, 4.69) is 32.2 Å². The molecule has 0 radical (unpaired) electrons. The average molecular weight is 273 g/mol. The number of carbonyl (C=O) groups is 1. The number of nitrogens with zero attached hydrogens (tertiary/aromatic N) is 1. The lowest BCUT2D eigenvalue weighted by molar-refractivity contribution is -0.114. The van der Waals surface area contributed by atoms with Crippen molar-refractivity contribution in [1.29, 1.82) is 0 Å². The van der Waals surface area contributed by atoms with Crippen LogP contribution in [0.3, 0.4) is 0 Å². The Kier molecular flexibility index (Phi) is 4.48. The molecule has 1 aliphatic heterocycles. The molecule has 1 heterocycles. The number of anilines is 1. The van der Waals surface area contributed by atoms with Crippen molar-refractivity contribution in [3.05, 3.63) is 53.5 Å². The molecular weight excluding hydrogens is 254 g/mol. The second-order valence-corrected chi connectivity index (χ2v) is 5.31. The number of benzene rings is 1. The summed E-state index contributed by atoms with van der Waals surface area (Å²) in [5.74, 6) is -0.0508. The number of hydrogen-bond donors (Lipinski definition) is 1. The minimum absolute atomic E-state index is 0.0508. The third-order valence-electron chi connectivity index (χ3n) is 3.47. The number of aryl methyl sites for hydroxylation is 1. The molecule has 0 aromatic heterocycles. The van der Waals surface area contributed by atoms with Crippen LogP contribution in [0.2, 0.25) is 0 Å². The minimum Gasteiger partial charge on any atom is -0.305 e. The number of fused-ring (bicyclic) bond motifs is 1. The summed E-state index contributed by atoms with van der Waals surface area (Å²) >= 11 is 4.28. The topological polar surface area (TPSA) is 20.3 Å². The van der Waals surface area contributed by atoms with Crippen molar-refractivity contribution in [2.45, 2.75) is 32.2 Å². The van der Waals surface area contributed by atoms with E-state index < -0.39 is 0 Å². The van der Waals surface area contributed by atoms with Gasteiger partial charge >= 0.3 is 0 Å². The molecule has 100 valence electrons. The Morgan fingerprint density at radius 1 is 1.47 bits per heavy atom. The van der Waals surface area contributed by atoms with Crippen molar-refractivity contribution in [2.75, 3.05) is 4.90 Å². The van der Waals surface area contributed by atoms with E-state index in [1.807, 2.05) is 23.1 Å². The maximum absolute atomic E-state index is 12.5. The Morgan fingerprint density at radius 2 is 2.21 bits per heavy atom. The lowest BCUT2D eigenvalue weighted by atomic mass is 10.1. The highest BCUT2D eigenvalue weighted by Gasteiger charge is 2.27. The molecule has 0 aliphatic carbocycles. The van der Waals surface area contributed by atoms with Crippen molar-refractivity contribution < 1.29 is 4.79 Å². The van der Waals surface area contributed by atoms with Gasteiger partial charge in [-0.25, -0.2) is 0 Å². The van der Waals surface area contributed by atoms with E-state index >= 15 is 0 Å². The second-order valence-electron chi connectivity index (χ2n) is 4.83. The van der Waals surface area contributed by atoms with Gasteiger partial charge in [-0.15, -0.1) is 12.6 Å². The molecular formula is C16H19NOS. The van der Waals surface area contributed by atoms with Crippen molar-refractivity contribution in [3.8, 4) is 0 Å². The Labute approximate surface area is 120 Å². The van der Waals surface area contributed by atoms with Gasteiger partial charge in [-0.3, -0.25) is 4.79 Å². The minimum atomic E-state index is -0.0508. The molecule has 2 rings (SSSR count). The van der Waals surface area contributed by atoms with Crippen LogP contribution in [0.15, 0.2) is 47.9 Å². The highest BCUT2D eigenvalue weighted by atomic mass is 32.1. The van der Waals surface area contributed by atoms with Crippen LogP contribution < -0.4 is 4.90 Å². The summed E-state index contributed by atoms with van der Waals surface area (Å²) in [6.45, 7) is 5.71. The van der Waals surface area contributed by atoms with Gasteiger partial charge < -0.3 is 4.90 Å². The summed E-state index contributed by atoms with van der Waals surface area (Å²) in [4.78, 5) is 14.8. The summed E-state index contributed by atoms with van der Waals surface area (Å²) in [6.07, 6.45) is 6.38. The number of carbonyl (C=O) groups excluding carboxylic acids is 1. The van der Waals surface area contributed by atoms with Crippen molar-refractivity contribution in [3.63, 3.8) is 0 Å². The van der Waals surface area contributed by atoms with Gasteiger partial charge in [-0.2, -0.15) is 0 Å². The molecule has 0 bridgehead atoms. The fraction of sp³-hybridized carbons (Fsp3) is 0.312. The Balaban J connectivity index is 2.44. The second kappa shape index (κ2) is 6.11. The van der Waals surface area contributed by atoms with Gasteiger partial charge in [0.25, 0.3) is 5.91 Å². The molecule has 1 amide bonds. The van der Waals surface area contributed by atoms with Crippen LogP contribution in [0.5, 0.6) is 0 Å². The van der Waals surface area contributed by atoms with Gasteiger partial charge in [0, 0.05) is 11.7 Å². The normalized spacial score (nSPS) is 19.6. The first-order valence-corrected chi connectivity index (χ1v) is 7.03. The Bertz CT molecular complexity index is 521. The van der Waals surface area contributed by atoms with Gasteiger partial charge in [0.15, 0.2) is 0 Å². The smallest absolute Gasteiger partial charge is 0.264 e. The molecule has 1 aromatic rings. The van der Waals surface area contributed by atoms with Gasteiger partial charge in [0.05, 0.1) is 4.91 Å². The first-order chi connectivity index (χ1) is 9.15. The number of amides is 1.